The van der Waals surface area contributed by atoms with Crippen molar-refractivity contribution < 1.29 is 0 Å². The van der Waals surface area contributed by atoms with E-state index in [2.05, 4.69) is 61.0 Å². The van der Waals surface area contributed by atoms with Gasteiger partial charge in [0.05, 0.1) is 15.9 Å². The van der Waals surface area contributed by atoms with Gasteiger partial charge in [-0.15, -0.1) is 0 Å². The SMILES string of the molecule is CCCNCC(C)(Cc1c(Br)c(C)nn1C)C(C)C. The molecule has 19 heavy (non-hydrogen) atoms. The maximum atomic E-state index is 4.50. The van der Waals surface area contributed by atoms with Crippen LogP contribution in [0.25, 0.3) is 0 Å². The predicted octanol–water partition coefficient (Wildman–Crippen LogP) is 3.70. The summed E-state index contributed by atoms with van der Waals surface area (Å²) in [6, 6.07) is 0. The highest BCUT2D eigenvalue weighted by molar-refractivity contribution is 9.10. The molecule has 4 heteroatoms. The molecule has 0 spiro atoms. The second-order valence-electron chi connectivity index (χ2n) is 6.13. The summed E-state index contributed by atoms with van der Waals surface area (Å²) in [6.07, 6.45) is 2.22. The zero-order valence-electron chi connectivity index (χ0n) is 13.2. The minimum Gasteiger partial charge on any atom is -0.316 e. The Morgan fingerprint density at radius 1 is 1.42 bits per heavy atom. The molecular weight excluding hydrogens is 302 g/mol. The Bertz CT molecular complexity index is 412. The number of hydrogen-bond donors (Lipinski definition) is 1. The average molecular weight is 330 g/mol. The van der Waals surface area contributed by atoms with E-state index in [4.69, 9.17) is 0 Å². The molecule has 0 aliphatic heterocycles. The van der Waals surface area contributed by atoms with Gasteiger partial charge in [0.25, 0.3) is 0 Å². The van der Waals surface area contributed by atoms with Gasteiger partial charge in [-0.2, -0.15) is 5.10 Å². The minimum absolute atomic E-state index is 0.248. The molecule has 0 fully saturated rings. The number of hydrogen-bond acceptors (Lipinski definition) is 2. The van der Waals surface area contributed by atoms with Crippen molar-refractivity contribution in [1.29, 1.82) is 0 Å². The van der Waals surface area contributed by atoms with Crippen molar-refractivity contribution in [3.63, 3.8) is 0 Å². The van der Waals surface area contributed by atoms with E-state index < -0.39 is 0 Å². The first-order chi connectivity index (χ1) is 8.81. The third-order valence-corrected chi connectivity index (χ3v) is 5.21. The van der Waals surface area contributed by atoms with Gasteiger partial charge in [0.1, 0.15) is 0 Å². The van der Waals surface area contributed by atoms with Crippen LogP contribution in [0.3, 0.4) is 0 Å². The Balaban J connectivity index is 2.88. The van der Waals surface area contributed by atoms with Crippen LogP contribution < -0.4 is 5.32 Å². The van der Waals surface area contributed by atoms with Gasteiger partial charge in [-0.1, -0.05) is 27.7 Å². The maximum Gasteiger partial charge on any atom is 0.0738 e. The molecule has 0 bridgehead atoms. The molecular formula is C15H28BrN3. The molecule has 0 aliphatic rings. The second kappa shape index (κ2) is 6.89. The number of nitrogens with zero attached hydrogens (tertiary/aromatic N) is 2. The minimum atomic E-state index is 0.248. The normalized spacial score (nSPS) is 14.9. The van der Waals surface area contributed by atoms with Crippen molar-refractivity contribution in [3.05, 3.63) is 15.9 Å². The Hall–Kier alpha value is -0.350. The standard InChI is InChI=1S/C15H28BrN3/c1-7-8-17-10-15(5,11(2)3)9-13-14(16)12(4)18-19(13)6/h11,17H,7-10H2,1-6H3. The van der Waals surface area contributed by atoms with E-state index in [9.17, 15) is 0 Å². The Morgan fingerprint density at radius 2 is 2.05 bits per heavy atom. The van der Waals surface area contributed by atoms with E-state index in [0.29, 0.717) is 5.92 Å². The molecule has 1 rings (SSSR count). The molecule has 1 N–H and O–H groups in total. The lowest BCUT2D eigenvalue weighted by Gasteiger charge is -2.34. The van der Waals surface area contributed by atoms with Crippen LogP contribution in [0.4, 0.5) is 0 Å². The quantitative estimate of drug-likeness (QED) is 0.773. The van der Waals surface area contributed by atoms with Crippen LogP contribution in [0.5, 0.6) is 0 Å². The molecule has 3 nitrogen and oxygen atoms in total. The van der Waals surface area contributed by atoms with Crippen molar-refractivity contribution in [2.45, 2.75) is 47.5 Å². The summed E-state index contributed by atoms with van der Waals surface area (Å²) in [6.45, 7) is 13.4. The third kappa shape index (κ3) is 4.06. The molecule has 0 amide bonds. The van der Waals surface area contributed by atoms with Gasteiger partial charge in [0.15, 0.2) is 0 Å². The first-order valence-electron chi connectivity index (χ1n) is 7.20. The fourth-order valence-electron chi connectivity index (χ4n) is 2.28. The van der Waals surface area contributed by atoms with Crippen LogP contribution >= 0.6 is 15.9 Å². The number of halogens is 1. The fraction of sp³-hybridized carbons (Fsp3) is 0.800. The topological polar surface area (TPSA) is 29.9 Å². The van der Waals surface area contributed by atoms with Crippen LogP contribution in [0.2, 0.25) is 0 Å². The highest BCUT2D eigenvalue weighted by Gasteiger charge is 2.30. The largest absolute Gasteiger partial charge is 0.316 e. The van der Waals surface area contributed by atoms with E-state index in [1.54, 1.807) is 0 Å². The van der Waals surface area contributed by atoms with E-state index in [-0.39, 0.29) is 5.41 Å². The third-order valence-electron chi connectivity index (χ3n) is 4.18. The number of aromatic nitrogens is 2. The van der Waals surface area contributed by atoms with Crippen molar-refractivity contribution in [1.82, 2.24) is 15.1 Å². The predicted molar refractivity (Wildman–Crippen MR) is 85.5 cm³/mol. The molecule has 1 heterocycles. The lowest BCUT2D eigenvalue weighted by Crippen LogP contribution is -2.38. The molecule has 0 aromatic carbocycles. The number of rotatable bonds is 7. The summed E-state index contributed by atoms with van der Waals surface area (Å²) in [5.41, 5.74) is 2.62. The van der Waals surface area contributed by atoms with E-state index in [1.165, 1.54) is 12.1 Å². The van der Waals surface area contributed by atoms with Gasteiger partial charge >= 0.3 is 0 Å². The van der Waals surface area contributed by atoms with E-state index in [0.717, 1.165) is 29.7 Å². The van der Waals surface area contributed by atoms with Crippen molar-refractivity contribution in [2.75, 3.05) is 13.1 Å². The fourth-order valence-corrected chi connectivity index (χ4v) is 2.75. The lowest BCUT2D eigenvalue weighted by molar-refractivity contribution is 0.203. The smallest absolute Gasteiger partial charge is 0.0738 e. The van der Waals surface area contributed by atoms with Crippen LogP contribution in [0, 0.1) is 18.3 Å². The van der Waals surface area contributed by atoms with Crippen molar-refractivity contribution in [2.24, 2.45) is 18.4 Å². The Labute approximate surface area is 126 Å². The van der Waals surface area contributed by atoms with Gasteiger partial charge in [0, 0.05) is 13.6 Å². The molecule has 0 saturated carbocycles. The molecule has 1 unspecified atom stereocenters. The molecule has 0 saturated heterocycles. The molecule has 1 aromatic rings. The lowest BCUT2D eigenvalue weighted by atomic mass is 9.75. The Morgan fingerprint density at radius 3 is 2.47 bits per heavy atom. The molecule has 0 radical (unpaired) electrons. The van der Waals surface area contributed by atoms with Crippen LogP contribution in [-0.4, -0.2) is 22.9 Å². The average Bonchev–Trinajstić information content (AvgIpc) is 2.56. The van der Waals surface area contributed by atoms with E-state index in [1.807, 2.05) is 11.7 Å². The van der Waals surface area contributed by atoms with E-state index >= 15 is 0 Å². The zero-order valence-corrected chi connectivity index (χ0v) is 14.8. The van der Waals surface area contributed by atoms with Gasteiger partial charge < -0.3 is 5.32 Å². The first-order valence-corrected chi connectivity index (χ1v) is 7.99. The summed E-state index contributed by atoms with van der Waals surface area (Å²) in [4.78, 5) is 0. The van der Waals surface area contributed by atoms with Gasteiger partial charge in [0.2, 0.25) is 0 Å². The van der Waals surface area contributed by atoms with Crippen molar-refractivity contribution >= 4 is 15.9 Å². The van der Waals surface area contributed by atoms with Gasteiger partial charge in [-0.3, -0.25) is 4.68 Å². The van der Waals surface area contributed by atoms with Crippen LogP contribution in [-0.2, 0) is 13.5 Å². The molecule has 0 aliphatic carbocycles. The van der Waals surface area contributed by atoms with Gasteiger partial charge in [-0.25, -0.2) is 0 Å². The monoisotopic (exact) mass is 329 g/mol. The maximum absolute atomic E-state index is 4.50. The Kier molecular flexibility index (Phi) is 6.06. The van der Waals surface area contributed by atoms with Crippen LogP contribution in [0.15, 0.2) is 4.47 Å². The molecule has 1 aromatic heterocycles. The first kappa shape index (κ1) is 16.7. The second-order valence-corrected chi connectivity index (χ2v) is 6.92. The number of nitrogens with one attached hydrogen (secondary N) is 1. The van der Waals surface area contributed by atoms with Gasteiger partial charge in [-0.05, 0) is 53.6 Å². The summed E-state index contributed by atoms with van der Waals surface area (Å²) in [5.74, 6) is 0.624. The zero-order chi connectivity index (χ0) is 14.6. The highest BCUT2D eigenvalue weighted by Crippen LogP contribution is 2.34. The molecule has 1 atom stereocenters. The summed E-state index contributed by atoms with van der Waals surface area (Å²) >= 11 is 3.68. The number of aryl methyl sites for hydroxylation is 2. The highest BCUT2D eigenvalue weighted by atomic mass is 79.9. The van der Waals surface area contributed by atoms with Crippen LogP contribution in [0.1, 0.15) is 45.5 Å². The summed E-state index contributed by atoms with van der Waals surface area (Å²) in [7, 11) is 2.04. The molecule has 110 valence electrons. The van der Waals surface area contributed by atoms with Crippen molar-refractivity contribution in [3.8, 4) is 0 Å². The summed E-state index contributed by atoms with van der Waals surface area (Å²) < 4.78 is 3.18. The summed E-state index contributed by atoms with van der Waals surface area (Å²) in [5, 5.41) is 8.08.